The van der Waals surface area contributed by atoms with Crippen LogP contribution in [0.25, 0.3) is 0 Å². The lowest BCUT2D eigenvalue weighted by molar-refractivity contribution is 0.580. The second-order valence-electron chi connectivity index (χ2n) is 3.93. The Balaban J connectivity index is 2.10. The van der Waals surface area contributed by atoms with E-state index in [0.717, 1.165) is 17.3 Å². The molecule has 1 N–H and O–H groups in total. The highest BCUT2D eigenvalue weighted by Gasteiger charge is 2.07. The van der Waals surface area contributed by atoms with Crippen molar-refractivity contribution < 1.29 is 8.78 Å². The highest BCUT2D eigenvalue weighted by atomic mass is 79.9. The molecule has 94 valence electrons. The van der Waals surface area contributed by atoms with Gasteiger partial charge in [0.2, 0.25) is 0 Å². The molecule has 0 bridgehead atoms. The van der Waals surface area contributed by atoms with Gasteiger partial charge in [0.1, 0.15) is 11.6 Å². The van der Waals surface area contributed by atoms with E-state index in [2.05, 4.69) is 26.2 Å². The van der Waals surface area contributed by atoms with Gasteiger partial charge in [-0.3, -0.25) is 4.98 Å². The van der Waals surface area contributed by atoms with Crippen LogP contribution in [0.2, 0.25) is 0 Å². The van der Waals surface area contributed by atoms with Crippen LogP contribution in [0, 0.1) is 18.6 Å². The Morgan fingerprint density at radius 3 is 2.67 bits per heavy atom. The lowest BCUT2D eigenvalue weighted by Gasteiger charge is -2.08. The van der Waals surface area contributed by atoms with Crippen LogP contribution < -0.4 is 5.32 Å². The molecule has 0 unspecified atom stereocenters. The van der Waals surface area contributed by atoms with Gasteiger partial charge in [-0.05, 0) is 40.5 Å². The van der Waals surface area contributed by atoms with Crippen LogP contribution in [-0.4, -0.2) is 4.98 Å². The van der Waals surface area contributed by atoms with Crippen molar-refractivity contribution in [3.63, 3.8) is 0 Å². The Morgan fingerprint density at radius 1 is 1.22 bits per heavy atom. The fourth-order valence-electron chi connectivity index (χ4n) is 1.45. The number of hydrogen-bond donors (Lipinski definition) is 1. The van der Waals surface area contributed by atoms with Crippen LogP contribution >= 0.6 is 15.9 Å². The maximum absolute atomic E-state index is 13.5. The van der Waals surface area contributed by atoms with E-state index >= 15 is 0 Å². The summed E-state index contributed by atoms with van der Waals surface area (Å²) in [6.07, 6.45) is 1.74. The highest BCUT2D eigenvalue weighted by molar-refractivity contribution is 9.10. The van der Waals surface area contributed by atoms with Gasteiger partial charge in [-0.25, -0.2) is 8.78 Å². The van der Waals surface area contributed by atoms with Gasteiger partial charge in [0.25, 0.3) is 0 Å². The number of nitrogens with one attached hydrogen (secondary N) is 1. The SMILES string of the molecule is Cc1ccc(CNc2cc(Br)c(F)cc2F)nc1. The number of benzene rings is 1. The third kappa shape index (κ3) is 3.04. The molecule has 1 aromatic heterocycles. The molecule has 0 amide bonds. The molecule has 1 heterocycles. The number of rotatable bonds is 3. The minimum atomic E-state index is -0.622. The van der Waals surface area contributed by atoms with Gasteiger partial charge in [0.15, 0.2) is 0 Å². The van der Waals surface area contributed by atoms with Gasteiger partial charge in [-0.2, -0.15) is 0 Å². The Kier molecular flexibility index (Phi) is 3.91. The molecule has 0 aliphatic carbocycles. The van der Waals surface area contributed by atoms with E-state index in [9.17, 15) is 8.78 Å². The monoisotopic (exact) mass is 312 g/mol. The quantitative estimate of drug-likeness (QED) is 0.865. The molecule has 2 nitrogen and oxygen atoms in total. The standard InChI is InChI=1S/C13H11BrF2N2/c1-8-2-3-9(17-6-8)7-18-13-4-10(14)11(15)5-12(13)16/h2-6,18H,7H2,1H3. The predicted octanol–water partition coefficient (Wildman–Crippen LogP) is 4.04. The van der Waals surface area contributed by atoms with Gasteiger partial charge in [-0.1, -0.05) is 6.07 Å². The number of aromatic nitrogens is 1. The Morgan fingerprint density at radius 2 is 2.00 bits per heavy atom. The van der Waals surface area contributed by atoms with Crippen LogP contribution in [-0.2, 0) is 6.54 Å². The van der Waals surface area contributed by atoms with Crippen molar-refractivity contribution in [3.05, 3.63) is 57.8 Å². The average Bonchev–Trinajstić information content (AvgIpc) is 2.34. The predicted molar refractivity (Wildman–Crippen MR) is 70.4 cm³/mol. The number of pyridine rings is 1. The van der Waals surface area contributed by atoms with Crippen molar-refractivity contribution in [2.24, 2.45) is 0 Å². The number of hydrogen-bond acceptors (Lipinski definition) is 2. The summed E-state index contributed by atoms with van der Waals surface area (Å²) in [4.78, 5) is 4.19. The summed E-state index contributed by atoms with van der Waals surface area (Å²) in [7, 11) is 0. The summed E-state index contributed by atoms with van der Waals surface area (Å²) in [5, 5.41) is 2.88. The summed E-state index contributed by atoms with van der Waals surface area (Å²) in [6, 6.07) is 6.01. The highest BCUT2D eigenvalue weighted by Crippen LogP contribution is 2.23. The van der Waals surface area contributed by atoms with Crippen molar-refractivity contribution >= 4 is 21.6 Å². The van der Waals surface area contributed by atoms with Crippen molar-refractivity contribution in [2.45, 2.75) is 13.5 Å². The second kappa shape index (κ2) is 5.44. The molecule has 1 aromatic carbocycles. The summed E-state index contributed by atoms with van der Waals surface area (Å²) < 4.78 is 26.7. The van der Waals surface area contributed by atoms with Crippen molar-refractivity contribution in [3.8, 4) is 0 Å². The van der Waals surface area contributed by atoms with Gasteiger partial charge < -0.3 is 5.32 Å². The molecule has 2 aromatic rings. The van der Waals surface area contributed by atoms with Crippen LogP contribution in [0.15, 0.2) is 34.9 Å². The molecule has 0 fully saturated rings. The number of aryl methyl sites for hydroxylation is 1. The summed E-state index contributed by atoms with van der Waals surface area (Å²) >= 11 is 3.02. The molecule has 0 saturated carbocycles. The van der Waals surface area contributed by atoms with Crippen LogP contribution in [0.4, 0.5) is 14.5 Å². The summed E-state index contributed by atoms with van der Waals surface area (Å²) in [5.74, 6) is -1.24. The number of anilines is 1. The molecular formula is C13H11BrF2N2. The molecule has 5 heteroatoms. The van der Waals surface area contributed by atoms with Crippen LogP contribution in [0.1, 0.15) is 11.3 Å². The van der Waals surface area contributed by atoms with Gasteiger partial charge in [-0.15, -0.1) is 0 Å². The zero-order valence-electron chi connectivity index (χ0n) is 9.67. The minimum Gasteiger partial charge on any atom is -0.377 e. The first kappa shape index (κ1) is 13.0. The summed E-state index contributed by atoms with van der Waals surface area (Å²) in [5.41, 5.74) is 2.10. The van der Waals surface area contributed by atoms with E-state index in [4.69, 9.17) is 0 Å². The number of halogens is 3. The van der Waals surface area contributed by atoms with Crippen molar-refractivity contribution in [2.75, 3.05) is 5.32 Å². The molecule has 2 rings (SSSR count). The third-order valence-electron chi connectivity index (χ3n) is 2.44. The van der Waals surface area contributed by atoms with E-state index in [-0.39, 0.29) is 10.2 Å². The van der Waals surface area contributed by atoms with E-state index in [1.165, 1.54) is 6.07 Å². The first-order valence-corrected chi connectivity index (χ1v) is 6.15. The normalized spacial score (nSPS) is 10.4. The van der Waals surface area contributed by atoms with Gasteiger partial charge >= 0.3 is 0 Å². The molecule has 0 atom stereocenters. The Hall–Kier alpha value is -1.49. The zero-order valence-corrected chi connectivity index (χ0v) is 11.3. The molecule has 0 saturated heterocycles. The first-order valence-electron chi connectivity index (χ1n) is 5.36. The maximum atomic E-state index is 13.5. The molecular weight excluding hydrogens is 302 g/mol. The van der Waals surface area contributed by atoms with E-state index in [1.807, 2.05) is 19.1 Å². The van der Waals surface area contributed by atoms with Crippen LogP contribution in [0.5, 0.6) is 0 Å². The van der Waals surface area contributed by atoms with Crippen molar-refractivity contribution in [1.29, 1.82) is 0 Å². The molecule has 0 aliphatic rings. The van der Waals surface area contributed by atoms with Gasteiger partial charge in [0, 0.05) is 12.3 Å². The first-order chi connectivity index (χ1) is 8.56. The van der Waals surface area contributed by atoms with Gasteiger partial charge in [0.05, 0.1) is 22.4 Å². The van der Waals surface area contributed by atoms with E-state index < -0.39 is 11.6 Å². The molecule has 0 radical (unpaired) electrons. The van der Waals surface area contributed by atoms with Crippen molar-refractivity contribution in [1.82, 2.24) is 4.98 Å². The Bertz CT molecular complexity index is 556. The number of nitrogens with zero attached hydrogens (tertiary/aromatic N) is 1. The fourth-order valence-corrected chi connectivity index (χ4v) is 1.79. The second-order valence-corrected chi connectivity index (χ2v) is 4.78. The third-order valence-corrected chi connectivity index (χ3v) is 3.05. The summed E-state index contributed by atoms with van der Waals surface area (Å²) in [6.45, 7) is 2.33. The molecule has 0 spiro atoms. The average molecular weight is 313 g/mol. The van der Waals surface area contributed by atoms with E-state index in [0.29, 0.717) is 6.54 Å². The maximum Gasteiger partial charge on any atom is 0.149 e. The lowest BCUT2D eigenvalue weighted by Crippen LogP contribution is -2.03. The van der Waals surface area contributed by atoms with E-state index in [1.54, 1.807) is 6.20 Å². The molecule has 0 aliphatic heterocycles. The topological polar surface area (TPSA) is 24.9 Å². The Labute approximate surface area is 112 Å². The lowest BCUT2D eigenvalue weighted by atomic mass is 10.2. The largest absolute Gasteiger partial charge is 0.377 e. The smallest absolute Gasteiger partial charge is 0.149 e. The molecule has 18 heavy (non-hydrogen) atoms. The minimum absolute atomic E-state index is 0.225. The van der Waals surface area contributed by atoms with Crippen LogP contribution in [0.3, 0.4) is 0 Å². The zero-order chi connectivity index (χ0) is 13.1. The fraction of sp³-hybridized carbons (Fsp3) is 0.154.